The molecule has 1 atom stereocenters. The Kier molecular flexibility index (Phi) is 36.9. The van der Waals surface area contributed by atoms with Gasteiger partial charge in [-0.15, -0.1) is 0 Å². The Bertz CT molecular complexity index is 718. The summed E-state index contributed by atoms with van der Waals surface area (Å²) in [5, 5.41) is 12.4. The topological polar surface area (TPSA) is 99.3 Å². The van der Waals surface area contributed by atoms with Crippen LogP contribution in [0.5, 0.6) is 0 Å². The lowest BCUT2D eigenvalue weighted by Crippen LogP contribution is -2.25. The standard InChI is InChI=1S/C41H82N4O3/c1-4-5-6-7-8-9-10-11-12-13-14-19-24-32-39(46)43-35-28-22-17-15-20-25-33-40(47)44-36-29-23-18-16-21-26-34-41(48)45-37-30-27-31-38(2)42-3/h38,42H,4-37H2,1-3H3,(H,43,46)(H,44,47)(H,45,48). The molecule has 4 N–H and O–H groups in total. The molecule has 7 heteroatoms. The van der Waals surface area contributed by atoms with Crippen LogP contribution in [-0.4, -0.2) is 50.4 Å². The van der Waals surface area contributed by atoms with Gasteiger partial charge < -0.3 is 21.3 Å². The quantitative estimate of drug-likeness (QED) is 0.0489. The molecule has 0 saturated carbocycles. The molecule has 284 valence electrons. The fraction of sp³-hybridized carbons (Fsp3) is 0.927. The Labute approximate surface area is 298 Å². The summed E-state index contributed by atoms with van der Waals surface area (Å²) in [6.07, 6.45) is 35.8. The van der Waals surface area contributed by atoms with Gasteiger partial charge in [-0.2, -0.15) is 0 Å². The summed E-state index contributed by atoms with van der Waals surface area (Å²) < 4.78 is 0. The Morgan fingerprint density at radius 1 is 0.396 bits per heavy atom. The van der Waals surface area contributed by atoms with E-state index in [1.54, 1.807) is 0 Å². The van der Waals surface area contributed by atoms with Crippen LogP contribution in [0, 0.1) is 0 Å². The smallest absolute Gasteiger partial charge is 0.219 e. The summed E-state index contributed by atoms with van der Waals surface area (Å²) in [5.74, 6) is 0.594. The zero-order valence-corrected chi connectivity index (χ0v) is 32.3. The second-order valence-electron chi connectivity index (χ2n) is 14.5. The van der Waals surface area contributed by atoms with Crippen molar-refractivity contribution in [3.63, 3.8) is 0 Å². The summed E-state index contributed by atoms with van der Waals surface area (Å²) in [4.78, 5) is 36.1. The third-order valence-corrected chi connectivity index (χ3v) is 9.69. The molecule has 0 aliphatic carbocycles. The van der Waals surface area contributed by atoms with Gasteiger partial charge in [0.1, 0.15) is 0 Å². The summed E-state index contributed by atoms with van der Waals surface area (Å²) in [5.41, 5.74) is 0. The summed E-state index contributed by atoms with van der Waals surface area (Å²) in [7, 11) is 1.99. The van der Waals surface area contributed by atoms with E-state index in [4.69, 9.17) is 0 Å². The first-order valence-corrected chi connectivity index (χ1v) is 21.0. The maximum Gasteiger partial charge on any atom is 0.219 e. The van der Waals surface area contributed by atoms with Crippen LogP contribution in [0.3, 0.4) is 0 Å². The van der Waals surface area contributed by atoms with E-state index >= 15 is 0 Å². The number of carbonyl (C=O) groups excluding carboxylic acids is 3. The van der Waals surface area contributed by atoms with Crippen LogP contribution in [0.25, 0.3) is 0 Å². The number of nitrogens with one attached hydrogen (secondary N) is 4. The first kappa shape index (κ1) is 46.4. The molecule has 0 aromatic heterocycles. The van der Waals surface area contributed by atoms with E-state index in [-0.39, 0.29) is 17.7 Å². The Hall–Kier alpha value is -1.63. The molecule has 0 spiro atoms. The molecule has 0 aromatic carbocycles. The van der Waals surface area contributed by atoms with Gasteiger partial charge in [-0.05, 0) is 58.9 Å². The molecule has 0 aliphatic heterocycles. The number of hydrogen-bond donors (Lipinski definition) is 4. The molecule has 0 aromatic rings. The SMILES string of the molecule is CCCCCCCCCCCCCCCC(=O)NCCCCCCCCC(=O)NCCCCCCCCC(=O)NCCCCC(C)NC. The highest BCUT2D eigenvalue weighted by Crippen LogP contribution is 2.13. The lowest BCUT2D eigenvalue weighted by atomic mass is 10.0. The molecule has 0 heterocycles. The molecule has 7 nitrogen and oxygen atoms in total. The molecule has 48 heavy (non-hydrogen) atoms. The van der Waals surface area contributed by atoms with Crippen molar-refractivity contribution in [3.8, 4) is 0 Å². The van der Waals surface area contributed by atoms with Gasteiger partial charge in [0.15, 0.2) is 0 Å². The number of hydrogen-bond acceptors (Lipinski definition) is 4. The molecule has 3 amide bonds. The van der Waals surface area contributed by atoms with Crippen molar-refractivity contribution in [2.24, 2.45) is 0 Å². The number of carbonyl (C=O) groups is 3. The number of rotatable bonds is 38. The van der Waals surface area contributed by atoms with Gasteiger partial charge in [0.2, 0.25) is 17.7 Å². The minimum absolute atomic E-state index is 0.184. The fourth-order valence-electron chi connectivity index (χ4n) is 6.21. The van der Waals surface area contributed by atoms with Gasteiger partial charge in [-0.3, -0.25) is 14.4 Å². The van der Waals surface area contributed by atoms with Crippen LogP contribution in [0.4, 0.5) is 0 Å². The second-order valence-corrected chi connectivity index (χ2v) is 14.5. The zero-order chi connectivity index (χ0) is 35.2. The van der Waals surface area contributed by atoms with Crippen molar-refractivity contribution < 1.29 is 14.4 Å². The molecule has 1 unspecified atom stereocenters. The predicted molar refractivity (Wildman–Crippen MR) is 206 cm³/mol. The highest BCUT2D eigenvalue weighted by molar-refractivity contribution is 5.76. The zero-order valence-electron chi connectivity index (χ0n) is 32.3. The van der Waals surface area contributed by atoms with Crippen LogP contribution in [-0.2, 0) is 14.4 Å². The van der Waals surface area contributed by atoms with Crippen LogP contribution in [0.15, 0.2) is 0 Å². The average molecular weight is 679 g/mol. The van der Waals surface area contributed by atoms with E-state index in [0.29, 0.717) is 25.3 Å². The van der Waals surface area contributed by atoms with Crippen LogP contribution >= 0.6 is 0 Å². The molecule has 0 rings (SSSR count). The van der Waals surface area contributed by atoms with Crippen molar-refractivity contribution in [1.29, 1.82) is 0 Å². The lowest BCUT2D eigenvalue weighted by molar-refractivity contribution is -0.122. The predicted octanol–water partition coefficient (Wildman–Crippen LogP) is 10.1. The monoisotopic (exact) mass is 679 g/mol. The minimum atomic E-state index is 0.184. The molecule has 0 aliphatic rings. The number of unbranched alkanes of at least 4 members (excludes halogenated alkanes) is 23. The van der Waals surface area contributed by atoms with E-state index in [1.807, 2.05) is 7.05 Å². The normalized spacial score (nSPS) is 11.8. The van der Waals surface area contributed by atoms with Crippen LogP contribution in [0.2, 0.25) is 0 Å². The van der Waals surface area contributed by atoms with Crippen molar-refractivity contribution in [3.05, 3.63) is 0 Å². The largest absolute Gasteiger partial charge is 0.356 e. The Morgan fingerprint density at radius 3 is 0.979 bits per heavy atom. The molecule has 0 fully saturated rings. The third-order valence-electron chi connectivity index (χ3n) is 9.69. The van der Waals surface area contributed by atoms with Crippen LogP contribution < -0.4 is 21.3 Å². The Balaban J connectivity index is 3.31. The minimum Gasteiger partial charge on any atom is -0.356 e. The lowest BCUT2D eigenvalue weighted by Gasteiger charge is -2.09. The average Bonchev–Trinajstić information content (AvgIpc) is 3.08. The molecule has 0 radical (unpaired) electrons. The van der Waals surface area contributed by atoms with E-state index in [9.17, 15) is 14.4 Å². The van der Waals surface area contributed by atoms with Gasteiger partial charge in [0.05, 0.1) is 0 Å². The van der Waals surface area contributed by atoms with E-state index in [1.165, 1.54) is 89.9 Å². The van der Waals surface area contributed by atoms with Gasteiger partial charge in [0.25, 0.3) is 0 Å². The first-order valence-electron chi connectivity index (χ1n) is 21.0. The second kappa shape index (κ2) is 38.2. The van der Waals surface area contributed by atoms with Crippen molar-refractivity contribution in [2.75, 3.05) is 26.7 Å². The first-order chi connectivity index (χ1) is 23.5. The molecule has 0 saturated heterocycles. The van der Waals surface area contributed by atoms with Crippen molar-refractivity contribution in [2.45, 2.75) is 219 Å². The summed E-state index contributed by atoms with van der Waals surface area (Å²) in [6.45, 7) is 6.83. The molecular weight excluding hydrogens is 596 g/mol. The highest BCUT2D eigenvalue weighted by Gasteiger charge is 2.04. The highest BCUT2D eigenvalue weighted by atomic mass is 16.2. The maximum atomic E-state index is 12.1. The summed E-state index contributed by atoms with van der Waals surface area (Å²) >= 11 is 0. The molecular formula is C41H82N4O3. The number of amides is 3. The third kappa shape index (κ3) is 37.2. The van der Waals surface area contributed by atoms with E-state index in [0.717, 1.165) is 110 Å². The molecule has 0 bridgehead atoms. The van der Waals surface area contributed by atoms with Crippen LogP contribution in [0.1, 0.15) is 213 Å². The van der Waals surface area contributed by atoms with Gasteiger partial charge in [0, 0.05) is 44.9 Å². The van der Waals surface area contributed by atoms with E-state index < -0.39 is 0 Å². The van der Waals surface area contributed by atoms with Gasteiger partial charge in [-0.1, -0.05) is 142 Å². The van der Waals surface area contributed by atoms with E-state index in [2.05, 4.69) is 35.1 Å². The fourth-order valence-corrected chi connectivity index (χ4v) is 6.21. The Morgan fingerprint density at radius 2 is 0.667 bits per heavy atom. The summed E-state index contributed by atoms with van der Waals surface area (Å²) in [6, 6.07) is 0.546. The maximum absolute atomic E-state index is 12.1. The van der Waals surface area contributed by atoms with Gasteiger partial charge >= 0.3 is 0 Å². The van der Waals surface area contributed by atoms with Crippen molar-refractivity contribution >= 4 is 17.7 Å². The van der Waals surface area contributed by atoms with Crippen molar-refractivity contribution in [1.82, 2.24) is 21.3 Å². The van der Waals surface area contributed by atoms with Gasteiger partial charge in [-0.25, -0.2) is 0 Å².